The summed E-state index contributed by atoms with van der Waals surface area (Å²) in [5.74, 6) is -7.36. The average Bonchev–Trinajstić information content (AvgIpc) is 1.64. The van der Waals surface area contributed by atoms with Gasteiger partial charge in [-0.3, -0.25) is 77.7 Å². The van der Waals surface area contributed by atoms with Crippen molar-refractivity contribution in [2.45, 2.75) is 32.1 Å². The number of fused-ring (bicyclic) bond motifs is 5. The SMILES string of the molecule is NC(=O)c1ccc(Cc2cc(C(=O)C(=O)Nc3ccncc3)c3ccccn23)cc1.O=C(Nc1c(Cl)cncc1Cl)C(=O)c1cc(Cc2ccc(Cl)cc2)n2ccccc12.O=C(Nc1ccncc1)C(=O)c1cc(Cc2ccc(Cl)cc2)n2ccccc12.O=C(Nc1ccncc1)C(=O)c1cc(Cc2ccccc2)n2ccccc12.O=C(Nc1ccncc1)C(O)=c1cc(Cc2ccc(F)cc2)n2ccc(=O)cc12. The number of nitrogens with two attached hydrogens (primary N) is 1. The Morgan fingerprint density at radius 1 is 0.306 bits per heavy atom. The Labute approximate surface area is 839 Å². The molecule has 712 valence electrons. The number of anilines is 5. The number of pyridine rings is 10. The third-order valence-corrected chi connectivity index (χ3v) is 23.8. The van der Waals surface area contributed by atoms with Crippen LogP contribution in [0.3, 0.4) is 0 Å². The monoisotopic (exact) mass is 1990 g/mol. The van der Waals surface area contributed by atoms with E-state index >= 15 is 0 Å². The first-order valence-corrected chi connectivity index (χ1v) is 45.8. The smallest absolute Gasteiger partial charge is 0.296 e. The first-order chi connectivity index (χ1) is 69.8. The minimum Gasteiger partial charge on any atom is -0.503 e. The normalized spacial score (nSPS) is 11.0. The number of halogens is 5. The fraction of sp³-hybridized carbons (Fsp3) is 0.0450. The minimum atomic E-state index is -0.834. The van der Waals surface area contributed by atoms with Crippen molar-refractivity contribution >= 4 is 167 Å². The molecule has 15 heterocycles. The van der Waals surface area contributed by atoms with Crippen LogP contribution in [0.4, 0.5) is 32.8 Å². The van der Waals surface area contributed by atoms with Crippen LogP contribution in [0, 0.1) is 5.82 Å². The highest BCUT2D eigenvalue weighted by molar-refractivity contribution is 6.51. The number of nitrogens with zero attached hydrogens (tertiary/aromatic N) is 10. The van der Waals surface area contributed by atoms with E-state index in [4.69, 9.17) is 52.1 Å². The van der Waals surface area contributed by atoms with Crippen LogP contribution >= 0.6 is 46.4 Å². The Balaban J connectivity index is 0.000000129. The number of nitrogens with one attached hydrogen (secondary N) is 5. The number of benzene rings is 5. The Hall–Kier alpha value is -18.3. The lowest BCUT2D eigenvalue weighted by Crippen LogP contribution is -2.23. The van der Waals surface area contributed by atoms with Gasteiger partial charge in [-0.2, -0.15) is 0 Å². The maximum Gasteiger partial charge on any atom is 0.296 e. The van der Waals surface area contributed by atoms with Crippen molar-refractivity contribution in [2.75, 3.05) is 26.6 Å². The summed E-state index contributed by atoms with van der Waals surface area (Å²) in [7, 11) is 0. The summed E-state index contributed by atoms with van der Waals surface area (Å²) >= 11 is 24.0. The summed E-state index contributed by atoms with van der Waals surface area (Å²) in [6.07, 6.45) is 26.9. The number of aromatic nitrogens is 10. The van der Waals surface area contributed by atoms with Gasteiger partial charge in [-0.15, -0.1) is 0 Å². The zero-order valence-corrected chi connectivity index (χ0v) is 78.8. The number of primary amides is 1. The second kappa shape index (κ2) is 46.0. The van der Waals surface area contributed by atoms with E-state index in [0.717, 1.165) is 61.8 Å². The molecule has 33 heteroatoms. The largest absolute Gasteiger partial charge is 0.503 e. The minimum absolute atomic E-state index is 0.147. The molecule has 0 unspecified atom stereocenters. The van der Waals surface area contributed by atoms with E-state index in [9.17, 15) is 62.2 Å². The van der Waals surface area contributed by atoms with E-state index in [1.165, 1.54) is 61.4 Å². The van der Waals surface area contributed by atoms with E-state index in [0.29, 0.717) is 115 Å². The van der Waals surface area contributed by atoms with Gasteiger partial charge in [-0.1, -0.05) is 150 Å². The van der Waals surface area contributed by atoms with Gasteiger partial charge in [-0.05, 0) is 204 Å². The van der Waals surface area contributed by atoms with Crippen molar-refractivity contribution in [3.8, 4) is 0 Å². The van der Waals surface area contributed by atoms with Crippen molar-refractivity contribution < 1.29 is 57.4 Å². The van der Waals surface area contributed by atoms with Crippen LogP contribution in [0.2, 0.25) is 20.1 Å². The second-order valence-electron chi connectivity index (χ2n) is 32.4. The average molecular weight is 1990 g/mol. The number of aliphatic hydroxyl groups is 1. The molecule has 0 atom stereocenters. The lowest BCUT2D eigenvalue weighted by molar-refractivity contribution is -0.113. The number of amides is 6. The molecule has 0 aliphatic carbocycles. The number of hydrogen-bond acceptors (Lipinski definition) is 17. The molecule has 0 spiro atoms. The van der Waals surface area contributed by atoms with Crippen LogP contribution in [0.15, 0.2) is 389 Å². The van der Waals surface area contributed by atoms with Crippen LogP contribution < -0.4 is 43.0 Å². The van der Waals surface area contributed by atoms with Gasteiger partial charge in [-0.25, -0.2) is 4.39 Å². The Bertz CT molecular complexity index is 8310. The molecule has 28 nitrogen and oxygen atoms in total. The Morgan fingerprint density at radius 2 is 0.597 bits per heavy atom. The number of hydrogen-bond donors (Lipinski definition) is 7. The number of carbonyl (C=O) groups is 10. The van der Waals surface area contributed by atoms with E-state index in [-0.39, 0.29) is 32.2 Å². The maximum absolute atomic E-state index is 13.2. The molecular weight excluding hydrogens is 1910 g/mol. The van der Waals surface area contributed by atoms with E-state index in [1.807, 2.05) is 194 Å². The fourth-order valence-corrected chi connectivity index (χ4v) is 16.5. The Morgan fingerprint density at radius 3 is 0.938 bits per heavy atom. The number of Topliss-reactive ketones (excluding diaryl/α,β-unsaturated/α-hetero) is 4. The molecule has 144 heavy (non-hydrogen) atoms. The number of aliphatic hydroxyl groups excluding tert-OH is 1. The van der Waals surface area contributed by atoms with Crippen LogP contribution in [-0.4, -0.2) is 111 Å². The van der Waals surface area contributed by atoms with Gasteiger partial charge in [0.25, 0.3) is 52.7 Å². The molecule has 0 aliphatic heterocycles. The third kappa shape index (κ3) is 24.3. The van der Waals surface area contributed by atoms with Crippen LogP contribution in [0.5, 0.6) is 0 Å². The predicted molar refractivity (Wildman–Crippen MR) is 551 cm³/mol. The summed E-state index contributed by atoms with van der Waals surface area (Å²) in [5.41, 5.74) is 21.5. The molecule has 6 amide bonds. The van der Waals surface area contributed by atoms with Gasteiger partial charge in [0.1, 0.15) is 5.82 Å². The highest BCUT2D eigenvalue weighted by atomic mass is 35.5. The van der Waals surface area contributed by atoms with Crippen molar-refractivity contribution in [2.24, 2.45) is 5.73 Å². The first kappa shape index (κ1) is 98.7. The summed E-state index contributed by atoms with van der Waals surface area (Å²) in [6, 6.07) is 84.6. The molecule has 0 saturated carbocycles. The molecule has 0 saturated heterocycles. The van der Waals surface area contributed by atoms with Crippen molar-refractivity contribution in [1.29, 1.82) is 0 Å². The first-order valence-electron chi connectivity index (χ1n) is 44.3. The molecule has 0 bridgehead atoms. The summed E-state index contributed by atoms with van der Waals surface area (Å²) in [5, 5.41) is 25.4. The van der Waals surface area contributed by atoms with Crippen molar-refractivity contribution in [1.82, 2.24) is 46.9 Å². The zero-order valence-electron chi connectivity index (χ0n) is 75.8. The Kier molecular flexibility index (Phi) is 31.5. The van der Waals surface area contributed by atoms with Crippen molar-refractivity contribution in [3.05, 3.63) is 510 Å². The number of rotatable bonds is 25. The van der Waals surface area contributed by atoms with Crippen molar-refractivity contribution in [3.63, 3.8) is 0 Å². The van der Waals surface area contributed by atoms with Gasteiger partial charge in [0.15, 0.2) is 11.2 Å². The molecule has 8 N–H and O–H groups in total. The van der Waals surface area contributed by atoms with E-state index in [1.54, 1.807) is 151 Å². The number of ketones is 4. The summed E-state index contributed by atoms with van der Waals surface area (Å²) in [6.45, 7) is 0. The molecule has 15 aromatic heterocycles. The van der Waals surface area contributed by atoms with Gasteiger partial charge < -0.3 is 59.4 Å². The highest BCUT2D eigenvalue weighted by Crippen LogP contribution is 2.32. The van der Waals surface area contributed by atoms with Gasteiger partial charge in [0.2, 0.25) is 5.91 Å². The lowest BCUT2D eigenvalue weighted by Gasteiger charge is -2.07. The molecule has 5 aromatic carbocycles. The van der Waals surface area contributed by atoms with Gasteiger partial charge in [0, 0.05) is 209 Å². The van der Waals surface area contributed by atoms with Crippen LogP contribution in [0.1, 0.15) is 108 Å². The summed E-state index contributed by atoms with van der Waals surface area (Å²) in [4.78, 5) is 156. The molecule has 20 aromatic rings. The van der Waals surface area contributed by atoms with Crippen LogP contribution in [0.25, 0.3) is 33.3 Å². The van der Waals surface area contributed by atoms with E-state index in [2.05, 4.69) is 51.5 Å². The molecule has 0 aliphatic rings. The molecule has 20 rings (SSSR count). The quantitative estimate of drug-likeness (QED) is 0.0206. The van der Waals surface area contributed by atoms with Gasteiger partial charge in [0.05, 0.1) is 65.6 Å². The highest BCUT2D eigenvalue weighted by Gasteiger charge is 2.29. The topological polar surface area (TPSA) is 381 Å². The lowest BCUT2D eigenvalue weighted by atomic mass is 10.1. The van der Waals surface area contributed by atoms with Crippen LogP contribution in [-0.2, 0) is 56.1 Å². The van der Waals surface area contributed by atoms with Gasteiger partial charge >= 0.3 is 0 Å². The zero-order chi connectivity index (χ0) is 101. The summed E-state index contributed by atoms with van der Waals surface area (Å²) < 4.78 is 22.6. The molecule has 0 fully saturated rings. The second-order valence-corrected chi connectivity index (χ2v) is 34.0. The number of carbonyl (C=O) groups excluding carboxylic acids is 10. The standard InChI is InChI=1S/C23H18N4O3.C22H14Cl3N3O2.C22H16ClN3O2.C22H16FN3O3.C22H17N3O2/c24-22(29)16-6-4-15(5-7-16)13-18-14-19(20-3-1-2-12-27(18)20)21(28)23(30)26-17-8-10-25-11-9-17;23-14-6-4-13(5-7-14)9-15-10-16(19-3-1-2-8-28(15)19)21(29)22(30)27-20-17(24)11-26-12-18(20)25;23-16-6-4-15(5-7-16)13-18-14-19(20-3-1-2-12-26(18)20)21(27)22(28)25-17-8-10-24-11-9-17;23-15-3-1-14(2-4-15)11-17-12-19(20-13-18(27)7-10-26(17)20)21(28)22(29)25-16-5-8-24-9-6-16;26-21(22(27)24-17-9-11-23-12-10-17)19-15-18(14-16-6-2-1-3-7-16)25-13-5-4-8-20(19)25/h1-12,14H,13H2,(H2,24,29)(H,25,26,30);1-8,10-12H,9H2,(H,26,27,30);1-12,14H,13H2,(H,24,25,28);1-10,12-13,28H,11H2,(H,24,25,29);1-13,15H,14H2,(H,23,24,27). The maximum atomic E-state index is 13.2. The third-order valence-electron chi connectivity index (χ3n) is 22.7. The molecule has 0 radical (unpaired) electrons. The van der Waals surface area contributed by atoms with E-state index < -0.39 is 64.3 Å². The molecular formula is C111H81Cl4FN16O12. The fourth-order valence-electron chi connectivity index (χ4n) is 15.8. The predicted octanol–water partition coefficient (Wildman–Crippen LogP) is 19.1.